The standard InChI is InChI=1S/C14H23F3O/c1-2-3-4-5-6-7-8-9-10-11-12-13(18)14(15,16)17/h3-4H,2,5-12H2,1H3/b4-3-. The predicted molar refractivity (Wildman–Crippen MR) is 67.4 cm³/mol. The van der Waals surface area contributed by atoms with Crippen molar-refractivity contribution in [2.45, 2.75) is 70.9 Å². The maximum atomic E-state index is 11.9. The average Bonchev–Trinajstić information content (AvgIpc) is 2.30. The molecule has 0 aliphatic rings. The molecule has 106 valence electrons. The summed E-state index contributed by atoms with van der Waals surface area (Å²) in [6, 6.07) is 0. The summed E-state index contributed by atoms with van der Waals surface area (Å²) in [6.07, 6.45) is 6.73. The van der Waals surface area contributed by atoms with Crippen LogP contribution in [-0.2, 0) is 4.79 Å². The van der Waals surface area contributed by atoms with Crippen LogP contribution in [0.15, 0.2) is 12.2 Å². The molecule has 0 atom stereocenters. The van der Waals surface area contributed by atoms with Gasteiger partial charge in [0, 0.05) is 6.42 Å². The van der Waals surface area contributed by atoms with E-state index in [0.29, 0.717) is 12.8 Å². The van der Waals surface area contributed by atoms with Gasteiger partial charge >= 0.3 is 6.18 Å². The number of rotatable bonds is 10. The minimum Gasteiger partial charge on any atom is -0.290 e. The fourth-order valence-electron chi connectivity index (χ4n) is 1.68. The van der Waals surface area contributed by atoms with Gasteiger partial charge in [0.25, 0.3) is 0 Å². The van der Waals surface area contributed by atoms with Crippen LogP contribution >= 0.6 is 0 Å². The first-order valence-electron chi connectivity index (χ1n) is 6.73. The Morgan fingerprint density at radius 3 is 2.06 bits per heavy atom. The van der Waals surface area contributed by atoms with Crippen LogP contribution in [0.3, 0.4) is 0 Å². The lowest BCUT2D eigenvalue weighted by Gasteiger charge is -2.04. The number of carbonyl (C=O) groups excluding carboxylic acids is 1. The van der Waals surface area contributed by atoms with Crippen LogP contribution in [0.2, 0.25) is 0 Å². The minimum absolute atomic E-state index is 0.355. The summed E-state index contributed by atoms with van der Waals surface area (Å²) in [4.78, 5) is 10.6. The Morgan fingerprint density at radius 2 is 1.50 bits per heavy atom. The monoisotopic (exact) mass is 264 g/mol. The summed E-state index contributed by atoms with van der Waals surface area (Å²) in [5.74, 6) is -1.59. The maximum absolute atomic E-state index is 11.9. The molecule has 0 amide bonds. The van der Waals surface area contributed by atoms with E-state index in [4.69, 9.17) is 0 Å². The van der Waals surface area contributed by atoms with Gasteiger partial charge in [-0.2, -0.15) is 13.2 Å². The highest BCUT2D eigenvalue weighted by Gasteiger charge is 2.36. The highest BCUT2D eigenvalue weighted by molar-refractivity contribution is 5.83. The fraction of sp³-hybridized carbons (Fsp3) is 0.786. The molecular formula is C14H23F3O. The minimum atomic E-state index is -4.65. The summed E-state index contributed by atoms with van der Waals surface area (Å²) < 4.78 is 35.6. The third kappa shape index (κ3) is 10.4. The van der Waals surface area contributed by atoms with Crippen molar-refractivity contribution >= 4 is 5.78 Å². The summed E-state index contributed by atoms with van der Waals surface area (Å²) in [5, 5.41) is 0. The van der Waals surface area contributed by atoms with Gasteiger partial charge in [-0.05, 0) is 25.7 Å². The van der Waals surface area contributed by atoms with E-state index < -0.39 is 12.0 Å². The Morgan fingerprint density at radius 1 is 0.944 bits per heavy atom. The van der Waals surface area contributed by atoms with Crippen molar-refractivity contribution in [2.24, 2.45) is 0 Å². The molecule has 0 aromatic heterocycles. The number of unbranched alkanes of at least 4 members (excludes halogenated alkanes) is 6. The highest BCUT2D eigenvalue weighted by atomic mass is 19.4. The van der Waals surface area contributed by atoms with Crippen molar-refractivity contribution in [3.8, 4) is 0 Å². The third-order valence-corrected chi connectivity index (χ3v) is 2.74. The van der Waals surface area contributed by atoms with Gasteiger partial charge in [0.1, 0.15) is 0 Å². The molecule has 0 N–H and O–H groups in total. The largest absolute Gasteiger partial charge is 0.449 e. The van der Waals surface area contributed by atoms with Crippen molar-refractivity contribution in [1.82, 2.24) is 0 Å². The number of allylic oxidation sites excluding steroid dienone is 2. The first-order chi connectivity index (χ1) is 8.48. The third-order valence-electron chi connectivity index (χ3n) is 2.74. The Balaban J connectivity index is 3.27. The molecule has 0 saturated heterocycles. The SMILES string of the molecule is CC/C=C\CCCCCCCCC(=O)C(F)(F)F. The van der Waals surface area contributed by atoms with Crippen molar-refractivity contribution < 1.29 is 18.0 Å². The van der Waals surface area contributed by atoms with E-state index in [1.807, 2.05) is 0 Å². The molecule has 18 heavy (non-hydrogen) atoms. The molecule has 0 aromatic carbocycles. The molecule has 0 aromatic rings. The number of Topliss-reactive ketones (excluding diaryl/α,β-unsaturated/α-hetero) is 1. The van der Waals surface area contributed by atoms with Crippen molar-refractivity contribution in [1.29, 1.82) is 0 Å². The molecule has 0 fully saturated rings. The second kappa shape index (κ2) is 10.2. The van der Waals surface area contributed by atoms with Gasteiger partial charge in [-0.1, -0.05) is 44.8 Å². The molecule has 0 heterocycles. The first kappa shape index (κ1) is 17.2. The number of halogens is 3. The van der Waals surface area contributed by atoms with E-state index in [1.54, 1.807) is 0 Å². The summed E-state index contributed by atoms with van der Waals surface area (Å²) in [5.41, 5.74) is 0. The van der Waals surface area contributed by atoms with E-state index in [2.05, 4.69) is 19.1 Å². The molecule has 0 rings (SSSR count). The summed E-state index contributed by atoms with van der Waals surface area (Å²) in [7, 11) is 0. The van der Waals surface area contributed by atoms with Crippen LogP contribution in [-0.4, -0.2) is 12.0 Å². The summed E-state index contributed by atoms with van der Waals surface area (Å²) >= 11 is 0. The highest BCUT2D eigenvalue weighted by Crippen LogP contribution is 2.19. The molecule has 4 heteroatoms. The normalized spacial score (nSPS) is 12.2. The van der Waals surface area contributed by atoms with Crippen molar-refractivity contribution in [2.75, 3.05) is 0 Å². The number of carbonyl (C=O) groups is 1. The van der Waals surface area contributed by atoms with E-state index in [-0.39, 0.29) is 6.42 Å². The number of hydrogen-bond donors (Lipinski definition) is 0. The number of ketones is 1. The van der Waals surface area contributed by atoms with Crippen LogP contribution in [0, 0.1) is 0 Å². The van der Waals surface area contributed by atoms with E-state index in [1.165, 1.54) is 0 Å². The van der Waals surface area contributed by atoms with Gasteiger partial charge in [0.2, 0.25) is 5.78 Å². The number of hydrogen-bond acceptors (Lipinski definition) is 1. The molecule has 0 aliphatic carbocycles. The van der Waals surface area contributed by atoms with Gasteiger partial charge < -0.3 is 0 Å². The van der Waals surface area contributed by atoms with E-state index >= 15 is 0 Å². The zero-order valence-corrected chi connectivity index (χ0v) is 11.1. The van der Waals surface area contributed by atoms with Crippen LogP contribution in [0.4, 0.5) is 13.2 Å². The predicted octanol–water partition coefficient (Wildman–Crippen LogP) is 5.20. The van der Waals surface area contributed by atoms with Crippen LogP contribution < -0.4 is 0 Å². The lowest BCUT2D eigenvalue weighted by Crippen LogP contribution is -2.22. The molecule has 0 saturated carbocycles. The molecule has 0 spiro atoms. The van der Waals surface area contributed by atoms with Crippen LogP contribution in [0.1, 0.15) is 64.7 Å². The first-order valence-corrected chi connectivity index (χ1v) is 6.73. The van der Waals surface area contributed by atoms with E-state index in [9.17, 15) is 18.0 Å². The second-order valence-electron chi connectivity index (χ2n) is 4.46. The molecule has 0 bridgehead atoms. The maximum Gasteiger partial charge on any atom is 0.449 e. The molecule has 0 aliphatic heterocycles. The summed E-state index contributed by atoms with van der Waals surface area (Å²) in [6.45, 7) is 2.10. The molecule has 0 radical (unpaired) electrons. The van der Waals surface area contributed by atoms with Gasteiger partial charge in [-0.3, -0.25) is 4.79 Å². The van der Waals surface area contributed by atoms with Crippen LogP contribution in [0.25, 0.3) is 0 Å². The lowest BCUT2D eigenvalue weighted by atomic mass is 10.1. The van der Waals surface area contributed by atoms with Gasteiger partial charge in [-0.25, -0.2) is 0 Å². The van der Waals surface area contributed by atoms with Crippen molar-refractivity contribution in [3.05, 3.63) is 12.2 Å². The van der Waals surface area contributed by atoms with Gasteiger partial charge in [0.05, 0.1) is 0 Å². The average molecular weight is 264 g/mol. The zero-order chi connectivity index (χ0) is 13.9. The fourth-order valence-corrected chi connectivity index (χ4v) is 1.68. The molecular weight excluding hydrogens is 241 g/mol. The molecule has 0 unspecified atom stereocenters. The van der Waals surface area contributed by atoms with Gasteiger partial charge in [0.15, 0.2) is 0 Å². The van der Waals surface area contributed by atoms with Gasteiger partial charge in [-0.15, -0.1) is 0 Å². The van der Waals surface area contributed by atoms with E-state index in [0.717, 1.165) is 38.5 Å². The van der Waals surface area contributed by atoms with Crippen LogP contribution in [0.5, 0.6) is 0 Å². The Kier molecular flexibility index (Phi) is 9.70. The Labute approximate surface area is 107 Å². The number of alkyl halides is 3. The quantitative estimate of drug-likeness (QED) is 0.391. The van der Waals surface area contributed by atoms with Crippen molar-refractivity contribution in [3.63, 3.8) is 0 Å². The second-order valence-corrected chi connectivity index (χ2v) is 4.46. The smallest absolute Gasteiger partial charge is 0.290 e. The molecule has 1 nitrogen and oxygen atoms in total. The lowest BCUT2D eigenvalue weighted by molar-refractivity contribution is -0.171. The Hall–Kier alpha value is -0.800. The topological polar surface area (TPSA) is 17.1 Å². The zero-order valence-electron chi connectivity index (χ0n) is 11.1. The Bertz CT molecular complexity index is 244.